The van der Waals surface area contributed by atoms with Crippen molar-refractivity contribution in [3.05, 3.63) is 51.1 Å². The molecule has 3 rings (SSSR count). The summed E-state index contributed by atoms with van der Waals surface area (Å²) in [6.07, 6.45) is 3.13. The number of benzene rings is 1. The third-order valence-electron chi connectivity index (χ3n) is 3.95. The minimum atomic E-state index is -0.275. The van der Waals surface area contributed by atoms with Gasteiger partial charge in [0.1, 0.15) is 11.1 Å². The summed E-state index contributed by atoms with van der Waals surface area (Å²) >= 11 is 9.69. The number of hydrogen-bond donors (Lipinski definition) is 1. The van der Waals surface area contributed by atoms with Gasteiger partial charge in [-0.15, -0.1) is 0 Å². The molecule has 132 valence electrons. The van der Waals surface area contributed by atoms with E-state index in [2.05, 4.69) is 26.2 Å². The summed E-state index contributed by atoms with van der Waals surface area (Å²) in [5, 5.41) is 3.15. The smallest absolute Gasteiger partial charge is 0.257 e. The highest BCUT2D eigenvalue weighted by Crippen LogP contribution is 2.26. The number of anilines is 1. The zero-order chi connectivity index (χ0) is 17.8. The third kappa shape index (κ3) is 4.71. The molecule has 0 unspecified atom stereocenters. The van der Waals surface area contributed by atoms with Crippen LogP contribution >= 0.6 is 27.5 Å². The van der Waals surface area contributed by atoms with Crippen molar-refractivity contribution in [1.29, 1.82) is 0 Å². The molecule has 1 aromatic carbocycles. The number of carbonyl (C=O) groups excluding carboxylic acids is 1. The lowest BCUT2D eigenvalue weighted by molar-refractivity contribution is 0.0238. The van der Waals surface area contributed by atoms with Crippen LogP contribution < -0.4 is 10.1 Å². The highest BCUT2D eigenvalue weighted by atomic mass is 79.9. The molecule has 1 amide bonds. The van der Waals surface area contributed by atoms with Gasteiger partial charge in [-0.25, -0.2) is 4.98 Å². The molecular weight excluding hydrogens is 408 g/mol. The average Bonchev–Trinajstić information content (AvgIpc) is 2.61. The van der Waals surface area contributed by atoms with Crippen LogP contribution in [0.3, 0.4) is 0 Å². The molecule has 0 spiro atoms. The molecule has 5 nitrogen and oxygen atoms in total. The van der Waals surface area contributed by atoms with Crippen molar-refractivity contribution < 1.29 is 14.3 Å². The third-order valence-corrected chi connectivity index (χ3v) is 5.07. The van der Waals surface area contributed by atoms with Gasteiger partial charge in [-0.3, -0.25) is 4.79 Å². The van der Waals surface area contributed by atoms with E-state index in [4.69, 9.17) is 21.1 Å². The van der Waals surface area contributed by atoms with Crippen molar-refractivity contribution >= 4 is 39.1 Å². The SMILES string of the molecule is Cc1ccc(NC(=O)c2cnc(OC3CCOCC3)c(Cl)c2)cc1Br. The number of nitrogens with one attached hydrogen (secondary N) is 1. The first-order valence-electron chi connectivity index (χ1n) is 8.00. The minimum Gasteiger partial charge on any atom is -0.473 e. The Morgan fingerprint density at radius 2 is 2.12 bits per heavy atom. The van der Waals surface area contributed by atoms with Crippen LogP contribution in [-0.2, 0) is 4.74 Å². The first-order valence-corrected chi connectivity index (χ1v) is 9.17. The number of aryl methyl sites for hydroxylation is 1. The number of carbonyl (C=O) groups is 1. The Morgan fingerprint density at radius 1 is 1.36 bits per heavy atom. The van der Waals surface area contributed by atoms with E-state index in [1.165, 1.54) is 6.20 Å². The van der Waals surface area contributed by atoms with Crippen LogP contribution in [0.1, 0.15) is 28.8 Å². The Balaban J connectivity index is 1.68. The first kappa shape index (κ1) is 18.2. The molecule has 25 heavy (non-hydrogen) atoms. The lowest BCUT2D eigenvalue weighted by atomic mass is 10.1. The number of hydrogen-bond acceptors (Lipinski definition) is 4. The van der Waals surface area contributed by atoms with E-state index >= 15 is 0 Å². The molecule has 1 aliphatic rings. The molecule has 2 heterocycles. The Hall–Kier alpha value is -1.63. The maximum absolute atomic E-state index is 12.4. The van der Waals surface area contributed by atoms with Crippen molar-refractivity contribution in [2.24, 2.45) is 0 Å². The van der Waals surface area contributed by atoms with E-state index in [-0.39, 0.29) is 12.0 Å². The van der Waals surface area contributed by atoms with Gasteiger partial charge in [0.25, 0.3) is 5.91 Å². The Bertz CT molecular complexity index is 779. The van der Waals surface area contributed by atoms with Crippen molar-refractivity contribution in [3.8, 4) is 5.88 Å². The molecule has 0 saturated carbocycles. The molecule has 1 aromatic heterocycles. The van der Waals surface area contributed by atoms with Gasteiger partial charge in [0.15, 0.2) is 0 Å². The summed E-state index contributed by atoms with van der Waals surface area (Å²) in [6, 6.07) is 7.19. The number of amides is 1. The van der Waals surface area contributed by atoms with Crippen molar-refractivity contribution in [2.75, 3.05) is 18.5 Å². The molecular formula is C18H18BrClN2O3. The lowest BCUT2D eigenvalue weighted by Crippen LogP contribution is -2.26. The average molecular weight is 426 g/mol. The van der Waals surface area contributed by atoms with Crippen molar-refractivity contribution in [3.63, 3.8) is 0 Å². The van der Waals surface area contributed by atoms with E-state index in [1.807, 2.05) is 25.1 Å². The second kappa shape index (κ2) is 8.17. The fourth-order valence-electron chi connectivity index (χ4n) is 2.46. The van der Waals surface area contributed by atoms with Gasteiger partial charge in [-0.2, -0.15) is 0 Å². The highest BCUT2D eigenvalue weighted by Gasteiger charge is 2.18. The normalized spacial score (nSPS) is 15.0. The van der Waals surface area contributed by atoms with Gasteiger partial charge in [-0.05, 0) is 30.7 Å². The number of nitrogens with zero attached hydrogens (tertiary/aromatic N) is 1. The van der Waals surface area contributed by atoms with Crippen LogP contribution in [0.15, 0.2) is 34.9 Å². The van der Waals surface area contributed by atoms with E-state index in [0.717, 1.165) is 22.9 Å². The molecule has 2 aromatic rings. The van der Waals surface area contributed by atoms with E-state index < -0.39 is 0 Å². The maximum Gasteiger partial charge on any atom is 0.257 e. The molecule has 0 aliphatic carbocycles. The quantitative estimate of drug-likeness (QED) is 0.777. The zero-order valence-electron chi connectivity index (χ0n) is 13.7. The predicted molar refractivity (Wildman–Crippen MR) is 101 cm³/mol. The minimum absolute atomic E-state index is 0.0448. The van der Waals surface area contributed by atoms with Gasteiger partial charge < -0.3 is 14.8 Å². The molecule has 1 N–H and O–H groups in total. The van der Waals surface area contributed by atoms with Gasteiger partial charge >= 0.3 is 0 Å². The van der Waals surface area contributed by atoms with E-state index in [1.54, 1.807) is 6.07 Å². The maximum atomic E-state index is 12.4. The molecule has 0 atom stereocenters. The molecule has 7 heteroatoms. The molecule has 1 aliphatic heterocycles. The summed E-state index contributed by atoms with van der Waals surface area (Å²) in [5.41, 5.74) is 2.17. The first-order chi connectivity index (χ1) is 12.0. The monoisotopic (exact) mass is 424 g/mol. The lowest BCUT2D eigenvalue weighted by Gasteiger charge is -2.23. The fraction of sp³-hybridized carbons (Fsp3) is 0.333. The number of halogens is 2. The standard InChI is InChI=1S/C18H18BrClN2O3/c1-11-2-3-13(9-15(11)19)22-17(23)12-8-16(20)18(21-10-12)25-14-4-6-24-7-5-14/h2-3,8-10,14H,4-7H2,1H3,(H,22,23). The van der Waals surface area contributed by atoms with Crippen LogP contribution in [0.4, 0.5) is 5.69 Å². The number of rotatable bonds is 4. The fourth-order valence-corrected chi connectivity index (χ4v) is 3.05. The predicted octanol–water partition coefficient (Wildman–Crippen LogP) is 4.62. The summed E-state index contributed by atoms with van der Waals surface area (Å²) in [7, 11) is 0. The van der Waals surface area contributed by atoms with E-state index in [9.17, 15) is 4.79 Å². The Labute approximate surface area is 159 Å². The molecule has 0 radical (unpaired) electrons. The number of pyridine rings is 1. The van der Waals surface area contributed by atoms with Gasteiger partial charge in [0.05, 0.1) is 18.8 Å². The van der Waals surface area contributed by atoms with Crippen molar-refractivity contribution in [1.82, 2.24) is 4.98 Å². The van der Waals surface area contributed by atoms with Gasteiger partial charge in [-0.1, -0.05) is 33.6 Å². The number of ether oxygens (including phenoxy) is 2. The van der Waals surface area contributed by atoms with Gasteiger partial charge in [0, 0.05) is 29.2 Å². The summed E-state index contributed by atoms with van der Waals surface area (Å²) in [6.45, 7) is 3.33. The van der Waals surface area contributed by atoms with Crippen LogP contribution in [0.5, 0.6) is 5.88 Å². The highest BCUT2D eigenvalue weighted by molar-refractivity contribution is 9.10. The summed E-state index contributed by atoms with van der Waals surface area (Å²) < 4.78 is 12.0. The number of aromatic nitrogens is 1. The Kier molecular flexibility index (Phi) is 5.93. The molecule has 1 fully saturated rings. The zero-order valence-corrected chi connectivity index (χ0v) is 16.1. The van der Waals surface area contributed by atoms with E-state index in [0.29, 0.717) is 35.4 Å². The molecule has 0 bridgehead atoms. The van der Waals surface area contributed by atoms with Gasteiger partial charge in [0.2, 0.25) is 5.88 Å². The van der Waals surface area contributed by atoms with Crippen LogP contribution in [0.2, 0.25) is 5.02 Å². The molecule has 1 saturated heterocycles. The van der Waals surface area contributed by atoms with Crippen LogP contribution in [0, 0.1) is 6.92 Å². The Morgan fingerprint density at radius 3 is 2.80 bits per heavy atom. The topological polar surface area (TPSA) is 60.5 Å². The second-order valence-corrected chi connectivity index (χ2v) is 7.12. The largest absolute Gasteiger partial charge is 0.473 e. The van der Waals surface area contributed by atoms with Crippen LogP contribution in [-0.4, -0.2) is 30.2 Å². The summed E-state index contributed by atoms with van der Waals surface area (Å²) in [4.78, 5) is 16.6. The van der Waals surface area contributed by atoms with Crippen molar-refractivity contribution in [2.45, 2.75) is 25.9 Å². The van der Waals surface area contributed by atoms with Crippen LogP contribution in [0.25, 0.3) is 0 Å². The summed E-state index contributed by atoms with van der Waals surface area (Å²) in [5.74, 6) is 0.0750. The second-order valence-electron chi connectivity index (χ2n) is 5.86.